The average Bonchev–Trinajstić information content (AvgIpc) is 2.53. The van der Waals surface area contributed by atoms with Crippen molar-refractivity contribution in [1.82, 2.24) is 9.80 Å². The second-order valence-corrected chi connectivity index (χ2v) is 5.99. The van der Waals surface area contributed by atoms with Crippen LogP contribution in [0.3, 0.4) is 0 Å². The monoisotopic (exact) mass is 289 g/mol. The SMILES string of the molecule is CCN1CCN(C(=O)C(C)C(N)c2ccccc2)CC1C. The van der Waals surface area contributed by atoms with Crippen LogP contribution in [0.4, 0.5) is 0 Å². The summed E-state index contributed by atoms with van der Waals surface area (Å²) in [7, 11) is 0. The molecule has 0 aliphatic carbocycles. The fourth-order valence-corrected chi connectivity index (χ4v) is 3.07. The molecule has 4 nitrogen and oxygen atoms in total. The van der Waals surface area contributed by atoms with Crippen LogP contribution in [0, 0.1) is 5.92 Å². The fraction of sp³-hybridized carbons (Fsp3) is 0.588. The van der Waals surface area contributed by atoms with Crippen molar-refractivity contribution in [1.29, 1.82) is 0 Å². The van der Waals surface area contributed by atoms with Gasteiger partial charge in [0.25, 0.3) is 0 Å². The van der Waals surface area contributed by atoms with Gasteiger partial charge in [0.05, 0.1) is 5.92 Å². The number of piperazine rings is 1. The summed E-state index contributed by atoms with van der Waals surface area (Å²) in [5, 5.41) is 0. The Morgan fingerprint density at radius 3 is 2.57 bits per heavy atom. The number of hydrogen-bond donors (Lipinski definition) is 1. The first-order chi connectivity index (χ1) is 10.0. The molecule has 1 heterocycles. The van der Waals surface area contributed by atoms with Gasteiger partial charge >= 0.3 is 0 Å². The van der Waals surface area contributed by atoms with Gasteiger partial charge in [-0.15, -0.1) is 0 Å². The van der Waals surface area contributed by atoms with Crippen molar-refractivity contribution in [2.75, 3.05) is 26.2 Å². The summed E-state index contributed by atoms with van der Waals surface area (Å²) in [5.74, 6) is -0.0123. The van der Waals surface area contributed by atoms with E-state index >= 15 is 0 Å². The molecule has 0 spiro atoms. The number of amides is 1. The molecule has 0 bridgehead atoms. The first kappa shape index (κ1) is 16.0. The normalized spacial score (nSPS) is 22.9. The average molecular weight is 289 g/mol. The molecular formula is C17H27N3O. The fourth-order valence-electron chi connectivity index (χ4n) is 3.07. The molecule has 0 saturated carbocycles. The Bertz CT molecular complexity index is 462. The lowest BCUT2D eigenvalue weighted by Gasteiger charge is -2.40. The highest BCUT2D eigenvalue weighted by atomic mass is 16.2. The highest BCUT2D eigenvalue weighted by molar-refractivity contribution is 5.79. The number of rotatable bonds is 4. The molecule has 0 aromatic heterocycles. The number of nitrogens with two attached hydrogens (primary N) is 1. The Hall–Kier alpha value is -1.39. The summed E-state index contributed by atoms with van der Waals surface area (Å²) in [4.78, 5) is 17.1. The summed E-state index contributed by atoms with van der Waals surface area (Å²) in [6.07, 6.45) is 0. The van der Waals surface area contributed by atoms with Crippen molar-refractivity contribution >= 4 is 5.91 Å². The van der Waals surface area contributed by atoms with E-state index in [-0.39, 0.29) is 17.9 Å². The number of likely N-dealkylation sites (N-methyl/N-ethyl adjacent to an activating group) is 1. The van der Waals surface area contributed by atoms with Crippen LogP contribution in [0.2, 0.25) is 0 Å². The Morgan fingerprint density at radius 2 is 2.00 bits per heavy atom. The van der Waals surface area contributed by atoms with E-state index in [1.807, 2.05) is 42.2 Å². The van der Waals surface area contributed by atoms with Gasteiger partial charge in [-0.3, -0.25) is 9.69 Å². The van der Waals surface area contributed by atoms with Crippen LogP contribution >= 0.6 is 0 Å². The Labute approximate surface area is 127 Å². The molecule has 1 saturated heterocycles. The van der Waals surface area contributed by atoms with Crippen molar-refractivity contribution in [2.45, 2.75) is 32.9 Å². The highest BCUT2D eigenvalue weighted by Crippen LogP contribution is 2.22. The maximum Gasteiger partial charge on any atom is 0.227 e. The van der Waals surface area contributed by atoms with E-state index in [1.165, 1.54) is 0 Å². The number of carbonyl (C=O) groups is 1. The predicted molar refractivity (Wildman–Crippen MR) is 85.8 cm³/mol. The van der Waals surface area contributed by atoms with Crippen LogP contribution in [0.15, 0.2) is 30.3 Å². The molecule has 1 aromatic rings. The third kappa shape index (κ3) is 3.63. The summed E-state index contributed by atoms with van der Waals surface area (Å²) in [6.45, 7) is 9.91. The third-order valence-electron chi connectivity index (χ3n) is 4.60. The zero-order valence-electron chi connectivity index (χ0n) is 13.3. The molecule has 21 heavy (non-hydrogen) atoms. The molecule has 3 unspecified atom stereocenters. The molecule has 4 heteroatoms. The molecule has 116 valence electrons. The molecule has 2 N–H and O–H groups in total. The molecule has 1 amide bonds. The highest BCUT2D eigenvalue weighted by Gasteiger charge is 2.31. The van der Waals surface area contributed by atoms with Crippen molar-refractivity contribution in [3.05, 3.63) is 35.9 Å². The molecule has 3 atom stereocenters. The van der Waals surface area contributed by atoms with Gasteiger partial charge in [0.2, 0.25) is 5.91 Å². The largest absolute Gasteiger partial charge is 0.340 e. The van der Waals surface area contributed by atoms with E-state index < -0.39 is 0 Å². The maximum absolute atomic E-state index is 12.7. The minimum Gasteiger partial charge on any atom is -0.340 e. The molecule has 2 rings (SSSR count). The third-order valence-corrected chi connectivity index (χ3v) is 4.60. The molecule has 1 aliphatic heterocycles. The number of nitrogens with zero attached hydrogens (tertiary/aromatic N) is 2. The van der Waals surface area contributed by atoms with E-state index in [1.54, 1.807) is 0 Å². The van der Waals surface area contributed by atoms with E-state index in [4.69, 9.17) is 5.73 Å². The number of hydrogen-bond acceptors (Lipinski definition) is 3. The molecule has 1 aliphatic rings. The van der Waals surface area contributed by atoms with Gasteiger partial charge in [-0.05, 0) is 19.0 Å². The molecule has 0 radical (unpaired) electrons. The minimum absolute atomic E-state index is 0.175. The standard InChI is InChI=1S/C17H27N3O/c1-4-19-10-11-20(12-13(19)2)17(21)14(3)16(18)15-8-6-5-7-9-15/h5-9,13-14,16H,4,10-12,18H2,1-3H3. The van der Waals surface area contributed by atoms with Crippen LogP contribution in [-0.2, 0) is 4.79 Å². The number of carbonyl (C=O) groups excluding carboxylic acids is 1. The van der Waals surface area contributed by atoms with Crippen molar-refractivity contribution in [3.8, 4) is 0 Å². The number of benzene rings is 1. The van der Waals surface area contributed by atoms with E-state index in [9.17, 15) is 4.79 Å². The zero-order valence-corrected chi connectivity index (χ0v) is 13.3. The predicted octanol–water partition coefficient (Wildman–Crippen LogP) is 1.88. The molecular weight excluding hydrogens is 262 g/mol. The van der Waals surface area contributed by atoms with Gasteiger partial charge in [-0.2, -0.15) is 0 Å². The van der Waals surface area contributed by atoms with Crippen LogP contribution < -0.4 is 5.73 Å². The van der Waals surface area contributed by atoms with Gasteiger partial charge in [0.1, 0.15) is 0 Å². The van der Waals surface area contributed by atoms with E-state index in [2.05, 4.69) is 18.7 Å². The van der Waals surface area contributed by atoms with Gasteiger partial charge in [-0.1, -0.05) is 44.2 Å². The summed E-state index contributed by atoms with van der Waals surface area (Å²) < 4.78 is 0. The van der Waals surface area contributed by atoms with E-state index in [0.29, 0.717) is 6.04 Å². The van der Waals surface area contributed by atoms with Crippen LogP contribution in [0.1, 0.15) is 32.4 Å². The van der Waals surface area contributed by atoms with Crippen molar-refractivity contribution in [2.24, 2.45) is 11.7 Å². The Kier molecular flexibility index (Phi) is 5.37. The first-order valence-electron chi connectivity index (χ1n) is 7.88. The van der Waals surface area contributed by atoms with Crippen molar-refractivity contribution < 1.29 is 4.79 Å². The van der Waals surface area contributed by atoms with E-state index in [0.717, 1.165) is 31.7 Å². The van der Waals surface area contributed by atoms with Crippen LogP contribution in [0.5, 0.6) is 0 Å². The van der Waals surface area contributed by atoms with Crippen LogP contribution in [-0.4, -0.2) is 47.9 Å². The first-order valence-corrected chi connectivity index (χ1v) is 7.88. The van der Waals surface area contributed by atoms with Gasteiger partial charge < -0.3 is 10.6 Å². The quantitative estimate of drug-likeness (QED) is 0.920. The lowest BCUT2D eigenvalue weighted by molar-refractivity contribution is -0.138. The topological polar surface area (TPSA) is 49.6 Å². The van der Waals surface area contributed by atoms with Crippen LogP contribution in [0.25, 0.3) is 0 Å². The lowest BCUT2D eigenvalue weighted by Crippen LogP contribution is -2.55. The van der Waals surface area contributed by atoms with Gasteiger partial charge in [-0.25, -0.2) is 0 Å². The summed E-state index contributed by atoms with van der Waals surface area (Å²) in [6, 6.07) is 10.1. The zero-order chi connectivity index (χ0) is 15.4. The molecule has 1 aromatic carbocycles. The molecule has 1 fully saturated rings. The Morgan fingerprint density at radius 1 is 1.33 bits per heavy atom. The summed E-state index contributed by atoms with van der Waals surface area (Å²) in [5.41, 5.74) is 7.30. The minimum atomic E-state index is -0.238. The Balaban J connectivity index is 2.00. The van der Waals surface area contributed by atoms with Crippen molar-refractivity contribution in [3.63, 3.8) is 0 Å². The van der Waals surface area contributed by atoms with Gasteiger partial charge in [0, 0.05) is 31.7 Å². The second kappa shape index (κ2) is 7.05. The van der Waals surface area contributed by atoms with Gasteiger partial charge in [0.15, 0.2) is 0 Å². The summed E-state index contributed by atoms with van der Waals surface area (Å²) >= 11 is 0. The lowest BCUT2D eigenvalue weighted by atomic mass is 9.93. The smallest absolute Gasteiger partial charge is 0.227 e. The second-order valence-electron chi connectivity index (χ2n) is 5.99. The maximum atomic E-state index is 12.7.